The Bertz CT molecular complexity index is 521. The molecule has 0 aromatic carbocycles. The average Bonchev–Trinajstić information content (AvgIpc) is 2.45. The second-order valence-electron chi connectivity index (χ2n) is 2.86. The number of nitrogens with zero attached hydrogens (tertiary/aromatic N) is 1. The van der Waals surface area contributed by atoms with Gasteiger partial charge in [0.25, 0.3) is 0 Å². The quantitative estimate of drug-likeness (QED) is 0.867. The molecule has 0 spiro atoms. The van der Waals surface area contributed by atoms with Gasteiger partial charge in [-0.1, -0.05) is 0 Å². The summed E-state index contributed by atoms with van der Waals surface area (Å²) < 4.78 is 0.635. The summed E-state index contributed by atoms with van der Waals surface area (Å²) >= 11 is 4.48. The first kappa shape index (κ1) is 9.61. The molecule has 0 radical (unpaired) electrons. The van der Waals surface area contributed by atoms with Crippen molar-refractivity contribution in [3.63, 3.8) is 0 Å². The van der Waals surface area contributed by atoms with Gasteiger partial charge in [-0.15, -0.1) is 11.3 Å². The fourth-order valence-corrected chi connectivity index (χ4v) is 3.27. The molecule has 2 heterocycles. The second-order valence-corrected chi connectivity index (χ2v) is 4.65. The number of pyridine rings is 1. The molecular weight excluding hydrogens is 266 g/mol. The number of carbonyl (C=O) groups is 1. The van der Waals surface area contributed by atoms with Gasteiger partial charge < -0.3 is 5.11 Å². The highest BCUT2D eigenvalue weighted by Gasteiger charge is 2.17. The van der Waals surface area contributed by atoms with Gasteiger partial charge in [0.05, 0.1) is 4.47 Å². The van der Waals surface area contributed by atoms with Crippen molar-refractivity contribution in [2.45, 2.75) is 6.92 Å². The van der Waals surface area contributed by atoms with Crippen LogP contribution in [0.4, 0.5) is 0 Å². The maximum atomic E-state index is 10.9. The lowest BCUT2D eigenvalue weighted by Gasteiger charge is -1.94. The van der Waals surface area contributed by atoms with Gasteiger partial charge in [0.2, 0.25) is 0 Å². The van der Waals surface area contributed by atoms with Crippen molar-refractivity contribution in [1.29, 1.82) is 0 Å². The van der Waals surface area contributed by atoms with E-state index in [1.165, 1.54) is 11.3 Å². The Morgan fingerprint density at radius 1 is 1.64 bits per heavy atom. The summed E-state index contributed by atoms with van der Waals surface area (Å²) in [7, 11) is 0. The molecule has 0 atom stereocenters. The normalized spacial score (nSPS) is 10.7. The van der Waals surface area contributed by atoms with Crippen molar-refractivity contribution in [2.75, 3.05) is 0 Å². The summed E-state index contributed by atoms with van der Waals surface area (Å²) in [5.74, 6) is -0.917. The molecule has 0 saturated carbocycles. The number of thiophene rings is 1. The lowest BCUT2D eigenvalue weighted by molar-refractivity contribution is 0.0701. The molecule has 72 valence electrons. The minimum absolute atomic E-state index is 0.307. The van der Waals surface area contributed by atoms with Crippen molar-refractivity contribution < 1.29 is 9.90 Å². The maximum absolute atomic E-state index is 10.9. The third kappa shape index (κ3) is 1.33. The molecule has 0 fully saturated rings. The molecule has 2 aromatic rings. The summed E-state index contributed by atoms with van der Waals surface area (Å²) in [5.41, 5.74) is 1.03. The molecule has 0 saturated heterocycles. The van der Waals surface area contributed by atoms with Crippen LogP contribution < -0.4 is 0 Å². The highest BCUT2D eigenvalue weighted by atomic mass is 79.9. The Kier molecular flexibility index (Phi) is 2.28. The average molecular weight is 272 g/mol. The number of hydrogen-bond donors (Lipinski definition) is 1. The van der Waals surface area contributed by atoms with Gasteiger partial charge in [-0.25, -0.2) is 9.78 Å². The smallest absolute Gasteiger partial charge is 0.347 e. The molecule has 14 heavy (non-hydrogen) atoms. The van der Waals surface area contributed by atoms with E-state index in [0.29, 0.717) is 9.35 Å². The van der Waals surface area contributed by atoms with Crippen molar-refractivity contribution in [2.24, 2.45) is 0 Å². The summed E-state index contributed by atoms with van der Waals surface area (Å²) in [4.78, 5) is 16.1. The zero-order valence-electron chi connectivity index (χ0n) is 7.24. The maximum Gasteiger partial charge on any atom is 0.347 e. The van der Waals surface area contributed by atoms with E-state index < -0.39 is 5.97 Å². The van der Waals surface area contributed by atoms with Gasteiger partial charge >= 0.3 is 5.97 Å². The SMILES string of the molecule is Cc1ccnc2sc(C(=O)O)c(Br)c12. The van der Waals surface area contributed by atoms with Crippen molar-refractivity contribution in [1.82, 2.24) is 4.98 Å². The standard InChI is InChI=1S/C9H6BrNO2S/c1-4-2-3-11-8-5(4)6(10)7(14-8)9(12)13/h2-3H,1H3,(H,12,13). The number of rotatable bonds is 1. The zero-order valence-corrected chi connectivity index (χ0v) is 9.65. The van der Waals surface area contributed by atoms with Crippen LogP contribution in [0.3, 0.4) is 0 Å². The second kappa shape index (κ2) is 3.33. The van der Waals surface area contributed by atoms with Crippen LogP contribution >= 0.6 is 27.3 Å². The molecule has 0 aliphatic rings. The monoisotopic (exact) mass is 271 g/mol. The van der Waals surface area contributed by atoms with Crippen LogP contribution in [0.15, 0.2) is 16.7 Å². The number of fused-ring (bicyclic) bond motifs is 1. The van der Waals surface area contributed by atoms with Crippen molar-refractivity contribution >= 4 is 43.5 Å². The van der Waals surface area contributed by atoms with Gasteiger partial charge in [-0.3, -0.25) is 0 Å². The van der Waals surface area contributed by atoms with E-state index in [1.54, 1.807) is 6.20 Å². The third-order valence-corrected chi connectivity index (χ3v) is 4.08. The summed E-state index contributed by atoms with van der Waals surface area (Å²) in [6.07, 6.45) is 1.69. The van der Waals surface area contributed by atoms with E-state index in [1.807, 2.05) is 13.0 Å². The van der Waals surface area contributed by atoms with E-state index in [0.717, 1.165) is 15.8 Å². The van der Waals surface area contributed by atoms with Crippen molar-refractivity contribution in [3.8, 4) is 0 Å². The molecule has 2 rings (SSSR count). The van der Waals surface area contributed by atoms with Crippen molar-refractivity contribution in [3.05, 3.63) is 27.2 Å². The van der Waals surface area contributed by atoms with Crippen LogP contribution in [0.2, 0.25) is 0 Å². The van der Waals surface area contributed by atoms with E-state index in [-0.39, 0.29) is 0 Å². The zero-order chi connectivity index (χ0) is 10.3. The molecule has 0 aliphatic heterocycles. The number of carboxylic acids is 1. The summed E-state index contributed by atoms with van der Waals surface area (Å²) in [5, 5.41) is 9.81. The molecule has 2 aromatic heterocycles. The molecule has 0 aliphatic carbocycles. The number of aryl methyl sites for hydroxylation is 1. The molecule has 0 amide bonds. The molecule has 0 unspecified atom stereocenters. The van der Waals surface area contributed by atoms with E-state index in [9.17, 15) is 4.79 Å². The summed E-state index contributed by atoms with van der Waals surface area (Å²) in [6.45, 7) is 1.94. The van der Waals surface area contributed by atoms with Crippen LogP contribution in [-0.4, -0.2) is 16.1 Å². The van der Waals surface area contributed by atoms with Gasteiger partial charge in [-0.2, -0.15) is 0 Å². The predicted octanol–water partition coefficient (Wildman–Crippen LogP) is 3.07. The molecule has 5 heteroatoms. The Morgan fingerprint density at radius 2 is 2.36 bits per heavy atom. The largest absolute Gasteiger partial charge is 0.477 e. The Labute approximate surface area is 92.5 Å². The first-order chi connectivity index (χ1) is 6.61. The topological polar surface area (TPSA) is 50.2 Å². The Morgan fingerprint density at radius 3 is 2.93 bits per heavy atom. The fourth-order valence-electron chi connectivity index (χ4n) is 1.27. The lowest BCUT2D eigenvalue weighted by Crippen LogP contribution is -1.91. The third-order valence-electron chi connectivity index (χ3n) is 1.94. The Balaban J connectivity index is 2.87. The fraction of sp³-hybridized carbons (Fsp3) is 0.111. The van der Waals surface area contributed by atoms with E-state index in [4.69, 9.17) is 5.11 Å². The Hall–Kier alpha value is -0.940. The molecule has 1 N–H and O–H groups in total. The highest BCUT2D eigenvalue weighted by molar-refractivity contribution is 9.10. The van der Waals surface area contributed by atoms with Gasteiger partial charge in [-0.05, 0) is 34.5 Å². The molecular formula is C9H6BrNO2S. The van der Waals surface area contributed by atoms with Crippen LogP contribution in [-0.2, 0) is 0 Å². The minimum atomic E-state index is -0.917. The van der Waals surface area contributed by atoms with Gasteiger partial charge in [0.15, 0.2) is 0 Å². The first-order valence-electron chi connectivity index (χ1n) is 3.88. The van der Waals surface area contributed by atoms with Crippen LogP contribution in [0.1, 0.15) is 15.2 Å². The minimum Gasteiger partial charge on any atom is -0.477 e. The lowest BCUT2D eigenvalue weighted by atomic mass is 10.2. The van der Waals surface area contributed by atoms with E-state index >= 15 is 0 Å². The molecule has 0 bridgehead atoms. The first-order valence-corrected chi connectivity index (χ1v) is 5.49. The highest BCUT2D eigenvalue weighted by Crippen LogP contribution is 2.35. The van der Waals surface area contributed by atoms with Crippen LogP contribution in [0.5, 0.6) is 0 Å². The predicted molar refractivity (Wildman–Crippen MR) is 59.0 cm³/mol. The number of carboxylic acid groups (broad SMARTS) is 1. The number of aromatic nitrogens is 1. The van der Waals surface area contributed by atoms with Gasteiger partial charge in [0, 0.05) is 11.6 Å². The van der Waals surface area contributed by atoms with E-state index in [2.05, 4.69) is 20.9 Å². The number of hydrogen-bond acceptors (Lipinski definition) is 3. The van der Waals surface area contributed by atoms with Gasteiger partial charge in [0.1, 0.15) is 9.71 Å². The van der Waals surface area contributed by atoms with Crippen LogP contribution in [0, 0.1) is 6.92 Å². The molecule has 3 nitrogen and oxygen atoms in total. The van der Waals surface area contributed by atoms with Crippen LogP contribution in [0.25, 0.3) is 10.2 Å². The summed E-state index contributed by atoms with van der Waals surface area (Å²) in [6, 6.07) is 1.87. The number of halogens is 1. The number of aromatic carboxylic acids is 1.